The van der Waals surface area contributed by atoms with Crippen molar-refractivity contribution in [1.29, 1.82) is 0 Å². The first-order valence-electron chi connectivity index (χ1n) is 4.46. The van der Waals surface area contributed by atoms with Crippen molar-refractivity contribution in [2.75, 3.05) is 12.8 Å². The Morgan fingerprint density at radius 1 is 1.40 bits per heavy atom. The van der Waals surface area contributed by atoms with Gasteiger partial charge in [0.2, 0.25) is 7.37 Å². The third-order valence-electron chi connectivity index (χ3n) is 1.77. The molecule has 0 heterocycles. The molecular formula is C10H13O4P. The van der Waals surface area contributed by atoms with E-state index in [-0.39, 0.29) is 6.61 Å². The molecule has 0 radical (unpaired) electrons. The van der Waals surface area contributed by atoms with Crippen molar-refractivity contribution in [2.24, 2.45) is 0 Å². The first kappa shape index (κ1) is 12.0. The third-order valence-corrected chi connectivity index (χ3v) is 3.29. The Kier molecular flexibility index (Phi) is 4.06. The topological polar surface area (TPSA) is 63.6 Å². The number of hydrogen-bond acceptors (Lipinski definition) is 3. The molecule has 1 atom stereocenters. The lowest BCUT2D eigenvalue weighted by atomic mass is 10.2. The second-order valence-electron chi connectivity index (χ2n) is 3.32. The number of aliphatic carboxylic acids is 1. The Labute approximate surface area is 88.3 Å². The Balaban J connectivity index is 2.50. The molecule has 0 saturated carbocycles. The van der Waals surface area contributed by atoms with E-state index in [2.05, 4.69) is 0 Å². The number of hydrogen-bond donors (Lipinski definition) is 1. The molecule has 1 aromatic rings. The van der Waals surface area contributed by atoms with Crippen molar-refractivity contribution < 1.29 is 19.0 Å². The lowest BCUT2D eigenvalue weighted by Gasteiger charge is -2.11. The minimum Gasteiger partial charge on any atom is -0.481 e. The lowest BCUT2D eigenvalue weighted by molar-refractivity contribution is -0.134. The molecular weight excluding hydrogens is 215 g/mol. The summed E-state index contributed by atoms with van der Waals surface area (Å²) in [6, 6.07) is 9.22. The molecule has 82 valence electrons. The average Bonchev–Trinajstić information content (AvgIpc) is 2.15. The van der Waals surface area contributed by atoms with E-state index >= 15 is 0 Å². The Morgan fingerprint density at radius 2 is 2.00 bits per heavy atom. The molecule has 0 spiro atoms. The first-order chi connectivity index (χ1) is 6.99. The van der Waals surface area contributed by atoms with E-state index in [0.29, 0.717) is 0 Å². The van der Waals surface area contributed by atoms with Gasteiger partial charge in [-0.05, 0) is 5.56 Å². The third kappa shape index (κ3) is 4.77. The second kappa shape index (κ2) is 5.10. The molecule has 0 amide bonds. The van der Waals surface area contributed by atoms with Gasteiger partial charge in [-0.2, -0.15) is 0 Å². The highest BCUT2D eigenvalue weighted by molar-refractivity contribution is 7.59. The summed E-state index contributed by atoms with van der Waals surface area (Å²) in [5.41, 5.74) is 0.880. The number of benzene rings is 1. The molecule has 1 N–H and O–H groups in total. The zero-order chi connectivity index (χ0) is 11.3. The molecule has 15 heavy (non-hydrogen) atoms. The van der Waals surface area contributed by atoms with Crippen molar-refractivity contribution in [3.05, 3.63) is 35.9 Å². The van der Waals surface area contributed by atoms with E-state index in [4.69, 9.17) is 9.63 Å². The maximum Gasteiger partial charge on any atom is 0.313 e. The smallest absolute Gasteiger partial charge is 0.313 e. The van der Waals surface area contributed by atoms with E-state index in [9.17, 15) is 9.36 Å². The van der Waals surface area contributed by atoms with Gasteiger partial charge in [0.25, 0.3) is 0 Å². The van der Waals surface area contributed by atoms with E-state index in [1.54, 1.807) is 0 Å². The van der Waals surface area contributed by atoms with Crippen LogP contribution in [-0.2, 0) is 20.5 Å². The molecule has 0 saturated heterocycles. The van der Waals surface area contributed by atoms with Crippen molar-refractivity contribution in [2.45, 2.75) is 6.61 Å². The van der Waals surface area contributed by atoms with Crippen LogP contribution in [-0.4, -0.2) is 23.9 Å². The summed E-state index contributed by atoms with van der Waals surface area (Å²) >= 11 is 0. The van der Waals surface area contributed by atoms with Gasteiger partial charge in [-0.3, -0.25) is 9.36 Å². The van der Waals surface area contributed by atoms with Crippen LogP contribution in [0.25, 0.3) is 0 Å². The molecule has 1 aromatic carbocycles. The summed E-state index contributed by atoms with van der Waals surface area (Å²) < 4.78 is 16.7. The van der Waals surface area contributed by atoms with Crippen LogP contribution in [0.15, 0.2) is 30.3 Å². The summed E-state index contributed by atoms with van der Waals surface area (Å²) in [5, 5.41) is 8.49. The van der Waals surface area contributed by atoms with E-state index in [0.717, 1.165) is 5.56 Å². The fourth-order valence-electron chi connectivity index (χ4n) is 1.08. The zero-order valence-electron chi connectivity index (χ0n) is 8.42. The van der Waals surface area contributed by atoms with Crippen molar-refractivity contribution in [1.82, 2.24) is 0 Å². The van der Waals surface area contributed by atoms with Gasteiger partial charge < -0.3 is 9.63 Å². The van der Waals surface area contributed by atoms with Gasteiger partial charge in [-0.15, -0.1) is 0 Å². The van der Waals surface area contributed by atoms with Crippen molar-refractivity contribution >= 4 is 13.3 Å². The number of rotatable bonds is 5. The summed E-state index contributed by atoms with van der Waals surface area (Å²) in [7, 11) is -3.01. The van der Waals surface area contributed by atoms with Crippen LogP contribution in [0.2, 0.25) is 0 Å². The Hall–Kier alpha value is -1.12. The maximum absolute atomic E-state index is 11.6. The van der Waals surface area contributed by atoms with Crippen molar-refractivity contribution in [3.8, 4) is 0 Å². The minimum absolute atomic E-state index is 0.182. The summed E-state index contributed by atoms with van der Waals surface area (Å²) in [6.45, 7) is 1.52. The molecule has 0 fully saturated rings. The van der Waals surface area contributed by atoms with Gasteiger partial charge in [0.1, 0.15) is 6.16 Å². The zero-order valence-corrected chi connectivity index (χ0v) is 9.31. The van der Waals surface area contributed by atoms with Crippen LogP contribution in [0.5, 0.6) is 0 Å². The predicted molar refractivity (Wildman–Crippen MR) is 57.3 cm³/mol. The second-order valence-corrected chi connectivity index (χ2v) is 5.93. The highest BCUT2D eigenvalue weighted by Crippen LogP contribution is 2.42. The van der Waals surface area contributed by atoms with Crippen LogP contribution in [0.3, 0.4) is 0 Å². The van der Waals surface area contributed by atoms with Crippen LogP contribution in [0.1, 0.15) is 5.56 Å². The van der Waals surface area contributed by atoms with E-state index < -0.39 is 19.5 Å². The largest absolute Gasteiger partial charge is 0.481 e. The summed E-state index contributed by atoms with van der Waals surface area (Å²) in [5.74, 6) is -1.10. The maximum atomic E-state index is 11.6. The lowest BCUT2D eigenvalue weighted by Crippen LogP contribution is -2.05. The standard InChI is InChI=1S/C10H13O4P/c1-15(13,8-10(11)12)14-7-9-5-3-2-4-6-9/h2-6H,7-8H2,1H3,(H,11,12). The average molecular weight is 228 g/mol. The van der Waals surface area contributed by atoms with Crippen LogP contribution < -0.4 is 0 Å². The molecule has 4 nitrogen and oxygen atoms in total. The fraction of sp³-hybridized carbons (Fsp3) is 0.300. The van der Waals surface area contributed by atoms with Gasteiger partial charge in [-0.1, -0.05) is 30.3 Å². The van der Waals surface area contributed by atoms with Gasteiger partial charge in [0, 0.05) is 6.66 Å². The van der Waals surface area contributed by atoms with Crippen molar-refractivity contribution in [3.63, 3.8) is 0 Å². The van der Waals surface area contributed by atoms with Gasteiger partial charge >= 0.3 is 5.97 Å². The highest BCUT2D eigenvalue weighted by Gasteiger charge is 2.20. The van der Waals surface area contributed by atoms with E-state index in [1.165, 1.54) is 6.66 Å². The quantitative estimate of drug-likeness (QED) is 0.784. The van der Waals surface area contributed by atoms with Crippen LogP contribution in [0, 0.1) is 0 Å². The Bertz CT molecular complexity index is 374. The monoisotopic (exact) mass is 228 g/mol. The molecule has 0 aliphatic heterocycles. The van der Waals surface area contributed by atoms with Crippen LogP contribution >= 0.6 is 7.37 Å². The number of carboxylic acid groups (broad SMARTS) is 1. The van der Waals surface area contributed by atoms with Crippen LogP contribution in [0.4, 0.5) is 0 Å². The molecule has 0 bridgehead atoms. The number of carbonyl (C=O) groups is 1. The summed E-state index contributed by atoms with van der Waals surface area (Å²) in [4.78, 5) is 10.4. The molecule has 1 rings (SSSR count). The molecule has 0 aliphatic rings. The molecule has 5 heteroatoms. The fourth-order valence-corrected chi connectivity index (χ4v) is 2.08. The molecule has 0 aliphatic carbocycles. The van der Waals surface area contributed by atoms with E-state index in [1.807, 2.05) is 30.3 Å². The summed E-state index contributed by atoms with van der Waals surface area (Å²) in [6.07, 6.45) is -0.431. The van der Waals surface area contributed by atoms with Gasteiger partial charge in [0.15, 0.2) is 0 Å². The molecule has 0 aromatic heterocycles. The SMILES string of the molecule is CP(=O)(CC(=O)O)OCc1ccccc1. The minimum atomic E-state index is -3.01. The first-order valence-corrected chi connectivity index (χ1v) is 6.72. The Morgan fingerprint density at radius 3 is 2.53 bits per heavy atom. The predicted octanol–water partition coefficient (Wildman–Crippen LogP) is 2.20. The highest BCUT2D eigenvalue weighted by atomic mass is 31.2. The molecule has 1 unspecified atom stereocenters. The number of carboxylic acids is 1. The van der Waals surface area contributed by atoms with Gasteiger partial charge in [-0.25, -0.2) is 0 Å². The normalized spacial score (nSPS) is 14.5. The van der Waals surface area contributed by atoms with Gasteiger partial charge in [0.05, 0.1) is 6.61 Å².